The van der Waals surface area contributed by atoms with Gasteiger partial charge < -0.3 is 14.9 Å². The van der Waals surface area contributed by atoms with Crippen LogP contribution >= 0.6 is 0 Å². The molecule has 4 rings (SSSR count). The first kappa shape index (κ1) is 21.1. The number of carbonyl (C=O) groups is 2. The van der Waals surface area contributed by atoms with E-state index in [9.17, 15) is 24.2 Å². The zero-order valence-corrected chi connectivity index (χ0v) is 17.2. The smallest absolute Gasteiger partial charge is 0.300 e. The monoisotopic (exact) mass is 433 g/mol. The van der Waals surface area contributed by atoms with Crippen LogP contribution in [-0.4, -0.2) is 28.5 Å². The Labute approximate surface area is 183 Å². The third-order valence-corrected chi connectivity index (χ3v) is 5.15. The topological polar surface area (TPSA) is 87.1 Å². The number of anilines is 1. The van der Waals surface area contributed by atoms with Crippen molar-refractivity contribution in [1.29, 1.82) is 0 Å². The van der Waals surface area contributed by atoms with Gasteiger partial charge in [-0.05, 0) is 61.0 Å². The largest absolute Gasteiger partial charge is 0.508 e. The Hall–Kier alpha value is -4.13. The molecule has 1 aliphatic rings. The molecule has 1 heterocycles. The molecular weight excluding hydrogens is 413 g/mol. The maximum atomic E-state index is 13.5. The highest BCUT2D eigenvalue weighted by Gasteiger charge is 2.47. The van der Waals surface area contributed by atoms with Crippen molar-refractivity contribution >= 4 is 23.1 Å². The number of phenols is 1. The number of aromatic hydroxyl groups is 1. The summed E-state index contributed by atoms with van der Waals surface area (Å²) in [7, 11) is 0. The quantitative estimate of drug-likeness (QED) is 0.350. The Morgan fingerprint density at radius 2 is 1.75 bits per heavy atom. The molecule has 32 heavy (non-hydrogen) atoms. The van der Waals surface area contributed by atoms with Crippen molar-refractivity contribution in [1.82, 2.24) is 0 Å². The van der Waals surface area contributed by atoms with Crippen molar-refractivity contribution in [2.75, 3.05) is 11.5 Å². The molecule has 0 spiro atoms. The molecule has 1 saturated heterocycles. The van der Waals surface area contributed by atoms with E-state index in [0.29, 0.717) is 23.5 Å². The van der Waals surface area contributed by atoms with E-state index in [4.69, 9.17) is 4.74 Å². The van der Waals surface area contributed by atoms with E-state index in [2.05, 4.69) is 0 Å². The number of hydrogen-bond acceptors (Lipinski definition) is 5. The first-order chi connectivity index (χ1) is 15.4. The second kappa shape index (κ2) is 8.55. The zero-order valence-electron chi connectivity index (χ0n) is 17.2. The van der Waals surface area contributed by atoms with Gasteiger partial charge in [-0.25, -0.2) is 4.39 Å². The molecule has 0 bridgehead atoms. The van der Waals surface area contributed by atoms with E-state index in [-0.39, 0.29) is 22.8 Å². The van der Waals surface area contributed by atoms with Crippen molar-refractivity contribution in [2.45, 2.75) is 13.0 Å². The number of benzene rings is 3. The number of nitrogens with zero attached hydrogens (tertiary/aromatic N) is 1. The number of aliphatic hydroxyl groups is 1. The molecule has 0 radical (unpaired) electrons. The number of Topliss-reactive ketones (excluding diaryl/α,β-unsaturated/α-hetero) is 1. The van der Waals surface area contributed by atoms with Crippen LogP contribution < -0.4 is 9.64 Å². The minimum atomic E-state index is -1.02. The summed E-state index contributed by atoms with van der Waals surface area (Å²) in [5.74, 6) is -2.19. The van der Waals surface area contributed by atoms with Crippen LogP contribution in [0.3, 0.4) is 0 Å². The summed E-state index contributed by atoms with van der Waals surface area (Å²) >= 11 is 0. The van der Waals surface area contributed by atoms with Crippen LogP contribution in [0, 0.1) is 5.82 Å². The maximum absolute atomic E-state index is 13.5. The number of carbonyl (C=O) groups excluding carboxylic acids is 2. The summed E-state index contributed by atoms with van der Waals surface area (Å²) in [5, 5.41) is 21.1. The van der Waals surface area contributed by atoms with Gasteiger partial charge in [0.2, 0.25) is 0 Å². The predicted octanol–water partition coefficient (Wildman–Crippen LogP) is 4.56. The van der Waals surface area contributed by atoms with Gasteiger partial charge in [0.05, 0.1) is 18.2 Å². The molecule has 6 nitrogen and oxygen atoms in total. The van der Waals surface area contributed by atoms with E-state index < -0.39 is 23.5 Å². The highest BCUT2D eigenvalue weighted by atomic mass is 19.1. The molecule has 0 aromatic heterocycles. The second-order valence-electron chi connectivity index (χ2n) is 7.20. The van der Waals surface area contributed by atoms with E-state index in [1.807, 2.05) is 6.92 Å². The molecule has 3 aromatic rings. The summed E-state index contributed by atoms with van der Waals surface area (Å²) in [5.41, 5.74) is 0.858. The van der Waals surface area contributed by atoms with Crippen LogP contribution in [-0.2, 0) is 9.59 Å². The fraction of sp³-hybridized carbons (Fsp3) is 0.120. The third kappa shape index (κ3) is 3.80. The van der Waals surface area contributed by atoms with Gasteiger partial charge in [0.15, 0.2) is 0 Å². The molecule has 3 aromatic carbocycles. The van der Waals surface area contributed by atoms with Crippen LogP contribution in [0.1, 0.15) is 24.1 Å². The average Bonchev–Trinajstić information content (AvgIpc) is 3.05. The van der Waals surface area contributed by atoms with E-state index in [0.717, 1.165) is 0 Å². The molecule has 1 amide bonds. The standard InChI is InChI=1S/C25H20FNO5/c1-2-32-20-8-4-6-16(14-20)23(29)21-22(15-5-3-7-19(28)13-15)27(25(31)24(21)30)18-11-9-17(26)10-12-18/h3-14,22,28-29H,2H2,1H3/b23-21-. The molecular formula is C25H20FNO5. The number of rotatable bonds is 5. The Balaban J connectivity index is 1.92. The van der Waals surface area contributed by atoms with Crippen molar-refractivity contribution in [3.8, 4) is 11.5 Å². The highest BCUT2D eigenvalue weighted by molar-refractivity contribution is 6.51. The Bertz CT molecular complexity index is 1220. The molecule has 2 N–H and O–H groups in total. The number of amides is 1. The van der Waals surface area contributed by atoms with Crippen molar-refractivity contribution < 1.29 is 28.9 Å². The fourth-order valence-electron chi connectivity index (χ4n) is 3.77. The lowest BCUT2D eigenvalue weighted by molar-refractivity contribution is -0.132. The minimum absolute atomic E-state index is 0.0643. The molecule has 1 fully saturated rings. The number of ketones is 1. The summed E-state index contributed by atoms with van der Waals surface area (Å²) in [6.45, 7) is 2.24. The van der Waals surface area contributed by atoms with Crippen LogP contribution in [0.25, 0.3) is 5.76 Å². The molecule has 0 aliphatic carbocycles. The van der Waals surface area contributed by atoms with E-state index in [1.54, 1.807) is 36.4 Å². The lowest BCUT2D eigenvalue weighted by Crippen LogP contribution is -2.29. The summed E-state index contributed by atoms with van der Waals surface area (Å²) in [6.07, 6.45) is 0. The van der Waals surface area contributed by atoms with Crippen LogP contribution in [0.5, 0.6) is 11.5 Å². The van der Waals surface area contributed by atoms with Gasteiger partial charge in [0, 0.05) is 11.3 Å². The lowest BCUT2D eigenvalue weighted by atomic mass is 9.95. The number of ether oxygens (including phenoxy) is 1. The Morgan fingerprint density at radius 1 is 1.03 bits per heavy atom. The summed E-state index contributed by atoms with van der Waals surface area (Å²) in [6, 6.07) is 16.7. The van der Waals surface area contributed by atoms with Gasteiger partial charge in [-0.15, -0.1) is 0 Å². The molecule has 1 unspecified atom stereocenters. The Kier molecular flexibility index (Phi) is 5.64. The average molecular weight is 433 g/mol. The highest BCUT2D eigenvalue weighted by Crippen LogP contribution is 2.43. The molecule has 162 valence electrons. The van der Waals surface area contributed by atoms with Gasteiger partial charge in [-0.3, -0.25) is 14.5 Å². The normalized spacial score (nSPS) is 17.6. The van der Waals surface area contributed by atoms with Gasteiger partial charge in [-0.2, -0.15) is 0 Å². The van der Waals surface area contributed by atoms with Gasteiger partial charge in [0.1, 0.15) is 23.1 Å². The molecule has 7 heteroatoms. The van der Waals surface area contributed by atoms with Crippen LogP contribution in [0.2, 0.25) is 0 Å². The minimum Gasteiger partial charge on any atom is -0.508 e. The van der Waals surface area contributed by atoms with Crippen molar-refractivity contribution in [3.63, 3.8) is 0 Å². The first-order valence-corrected chi connectivity index (χ1v) is 9.99. The first-order valence-electron chi connectivity index (χ1n) is 9.99. The summed E-state index contributed by atoms with van der Waals surface area (Å²) in [4.78, 5) is 27.3. The number of aliphatic hydroxyl groups excluding tert-OH is 1. The zero-order chi connectivity index (χ0) is 22.8. The molecule has 0 saturated carbocycles. The Morgan fingerprint density at radius 3 is 2.44 bits per heavy atom. The lowest BCUT2D eigenvalue weighted by Gasteiger charge is -2.25. The number of hydrogen-bond donors (Lipinski definition) is 2. The number of phenolic OH excluding ortho intramolecular Hbond substituents is 1. The van der Waals surface area contributed by atoms with Crippen LogP contribution in [0.15, 0.2) is 78.4 Å². The second-order valence-corrected chi connectivity index (χ2v) is 7.20. The van der Waals surface area contributed by atoms with Gasteiger partial charge in [0.25, 0.3) is 11.7 Å². The van der Waals surface area contributed by atoms with Gasteiger partial charge in [-0.1, -0.05) is 24.3 Å². The summed E-state index contributed by atoms with van der Waals surface area (Å²) < 4.78 is 19.0. The fourth-order valence-corrected chi connectivity index (χ4v) is 3.77. The predicted molar refractivity (Wildman–Crippen MR) is 117 cm³/mol. The van der Waals surface area contributed by atoms with E-state index in [1.165, 1.54) is 41.3 Å². The maximum Gasteiger partial charge on any atom is 0.300 e. The molecule has 1 atom stereocenters. The SMILES string of the molecule is CCOc1cccc(/C(O)=C2/C(=O)C(=O)N(c3ccc(F)cc3)C2c2cccc(O)c2)c1. The molecule has 1 aliphatic heterocycles. The van der Waals surface area contributed by atoms with E-state index >= 15 is 0 Å². The third-order valence-electron chi connectivity index (χ3n) is 5.15. The van der Waals surface area contributed by atoms with Gasteiger partial charge >= 0.3 is 0 Å². The van der Waals surface area contributed by atoms with Crippen LogP contribution in [0.4, 0.5) is 10.1 Å². The van der Waals surface area contributed by atoms with Crippen molar-refractivity contribution in [3.05, 3.63) is 95.3 Å². The number of halogens is 1. The van der Waals surface area contributed by atoms with Crippen molar-refractivity contribution in [2.24, 2.45) is 0 Å².